The minimum Gasteiger partial charge on any atom is -0.342 e. The van der Waals surface area contributed by atoms with Gasteiger partial charge in [-0.1, -0.05) is 24.6 Å². The van der Waals surface area contributed by atoms with Crippen molar-refractivity contribution in [3.8, 4) is 0 Å². The van der Waals surface area contributed by atoms with E-state index in [-0.39, 0.29) is 17.7 Å². The number of hydrogen-bond donors (Lipinski definition) is 0. The van der Waals surface area contributed by atoms with Crippen molar-refractivity contribution in [2.45, 2.75) is 38.5 Å². The van der Waals surface area contributed by atoms with Crippen LogP contribution in [0, 0.1) is 11.8 Å². The van der Waals surface area contributed by atoms with E-state index in [2.05, 4.69) is 12.1 Å². The topological polar surface area (TPSA) is 40.6 Å². The van der Waals surface area contributed by atoms with Crippen molar-refractivity contribution in [2.24, 2.45) is 11.8 Å². The molecule has 2 aliphatic heterocycles. The van der Waals surface area contributed by atoms with E-state index >= 15 is 0 Å². The zero-order valence-electron chi connectivity index (χ0n) is 13.5. The van der Waals surface area contributed by atoms with Gasteiger partial charge in [0.1, 0.15) is 0 Å². The van der Waals surface area contributed by atoms with Crippen molar-refractivity contribution >= 4 is 17.5 Å². The number of nitrogens with zero attached hydrogens (tertiary/aromatic N) is 2. The number of rotatable bonds is 2. The fourth-order valence-corrected chi connectivity index (χ4v) is 4.05. The predicted molar refractivity (Wildman–Crippen MR) is 89.1 cm³/mol. The van der Waals surface area contributed by atoms with Crippen LogP contribution in [0.2, 0.25) is 0 Å². The predicted octanol–water partition coefficient (Wildman–Crippen LogP) is 2.61. The summed E-state index contributed by atoms with van der Waals surface area (Å²) in [5, 5.41) is 0. The lowest BCUT2D eigenvalue weighted by Crippen LogP contribution is -2.46. The fourth-order valence-electron chi connectivity index (χ4n) is 4.05. The second-order valence-corrected chi connectivity index (χ2v) is 7.10. The number of amides is 2. The molecule has 3 aliphatic rings. The Kier molecular flexibility index (Phi) is 3.83. The van der Waals surface area contributed by atoms with E-state index < -0.39 is 0 Å². The summed E-state index contributed by atoms with van der Waals surface area (Å²) in [7, 11) is 0. The molecule has 1 aliphatic carbocycles. The fraction of sp³-hybridized carbons (Fsp3) is 0.579. The largest absolute Gasteiger partial charge is 0.342 e. The molecule has 4 nitrogen and oxygen atoms in total. The average molecular weight is 312 g/mol. The summed E-state index contributed by atoms with van der Waals surface area (Å²) in [4.78, 5) is 29.1. The molecule has 2 fully saturated rings. The van der Waals surface area contributed by atoms with E-state index in [1.54, 1.807) is 0 Å². The number of carbonyl (C=O) groups excluding carboxylic acids is 2. The lowest BCUT2D eigenvalue weighted by molar-refractivity contribution is -0.141. The van der Waals surface area contributed by atoms with Gasteiger partial charge in [0, 0.05) is 37.2 Å². The molecule has 0 aromatic heterocycles. The highest BCUT2D eigenvalue weighted by Gasteiger charge is 2.35. The van der Waals surface area contributed by atoms with Crippen LogP contribution < -0.4 is 4.90 Å². The molecule has 4 rings (SSSR count). The van der Waals surface area contributed by atoms with E-state index in [0.717, 1.165) is 57.4 Å². The van der Waals surface area contributed by atoms with Crippen LogP contribution in [0.3, 0.4) is 0 Å². The Balaban J connectivity index is 1.37. The third kappa shape index (κ3) is 2.64. The molecule has 1 saturated heterocycles. The second kappa shape index (κ2) is 5.99. The van der Waals surface area contributed by atoms with Gasteiger partial charge in [-0.3, -0.25) is 9.59 Å². The maximum absolute atomic E-state index is 12.9. The van der Waals surface area contributed by atoms with E-state index in [1.807, 2.05) is 21.9 Å². The summed E-state index contributed by atoms with van der Waals surface area (Å²) >= 11 is 0. The molecule has 1 saturated carbocycles. The molecule has 0 spiro atoms. The smallest absolute Gasteiger partial charge is 0.230 e. The van der Waals surface area contributed by atoms with Crippen molar-refractivity contribution in [3.63, 3.8) is 0 Å². The molecule has 1 aromatic carbocycles. The van der Waals surface area contributed by atoms with Crippen LogP contribution in [0.5, 0.6) is 0 Å². The third-order valence-electron chi connectivity index (χ3n) is 5.76. The Morgan fingerprint density at radius 1 is 0.870 bits per heavy atom. The standard InChI is InChI=1S/C19H24N2O2/c22-18(15-5-3-6-15)20-11-8-16(9-12-20)19(23)21-13-10-14-4-1-2-7-17(14)21/h1-2,4,7,15-16H,3,5-6,8-13H2. The first-order valence-electron chi connectivity index (χ1n) is 8.92. The Morgan fingerprint density at radius 2 is 1.57 bits per heavy atom. The van der Waals surface area contributed by atoms with Crippen LogP contribution in [0.15, 0.2) is 24.3 Å². The summed E-state index contributed by atoms with van der Waals surface area (Å²) in [5.74, 6) is 0.929. The summed E-state index contributed by atoms with van der Waals surface area (Å²) < 4.78 is 0. The van der Waals surface area contributed by atoms with Crippen molar-refractivity contribution < 1.29 is 9.59 Å². The number of benzene rings is 1. The number of para-hydroxylation sites is 1. The maximum atomic E-state index is 12.9. The monoisotopic (exact) mass is 312 g/mol. The van der Waals surface area contributed by atoms with Gasteiger partial charge in [0.15, 0.2) is 0 Å². The van der Waals surface area contributed by atoms with E-state index in [4.69, 9.17) is 0 Å². The Labute approximate surface area is 137 Å². The van der Waals surface area contributed by atoms with Gasteiger partial charge >= 0.3 is 0 Å². The van der Waals surface area contributed by atoms with Gasteiger partial charge < -0.3 is 9.80 Å². The van der Waals surface area contributed by atoms with Gasteiger partial charge in [0.2, 0.25) is 11.8 Å². The average Bonchev–Trinajstić information content (AvgIpc) is 2.97. The molecule has 1 aromatic rings. The number of carbonyl (C=O) groups is 2. The minimum absolute atomic E-state index is 0.0756. The first kappa shape index (κ1) is 14.7. The summed E-state index contributed by atoms with van der Waals surface area (Å²) in [6.07, 6.45) is 5.90. The molecule has 122 valence electrons. The molecule has 0 N–H and O–H groups in total. The zero-order valence-corrected chi connectivity index (χ0v) is 13.5. The van der Waals surface area contributed by atoms with Gasteiger partial charge in [0.25, 0.3) is 0 Å². The lowest BCUT2D eigenvalue weighted by atomic mass is 9.83. The Hall–Kier alpha value is -1.84. The normalized spacial score (nSPS) is 21.9. The summed E-state index contributed by atoms with van der Waals surface area (Å²) in [6.45, 7) is 2.31. The minimum atomic E-state index is 0.0756. The van der Waals surface area contributed by atoms with Gasteiger partial charge in [-0.05, 0) is 43.7 Å². The quantitative estimate of drug-likeness (QED) is 0.842. The van der Waals surface area contributed by atoms with E-state index in [1.165, 1.54) is 12.0 Å². The van der Waals surface area contributed by atoms with Gasteiger partial charge in [-0.2, -0.15) is 0 Å². The summed E-state index contributed by atoms with van der Waals surface area (Å²) in [6, 6.07) is 8.21. The molecule has 0 bridgehead atoms. The molecule has 2 amide bonds. The molecule has 2 heterocycles. The van der Waals surface area contributed by atoms with Crippen molar-refractivity contribution in [1.82, 2.24) is 4.90 Å². The second-order valence-electron chi connectivity index (χ2n) is 7.10. The van der Waals surface area contributed by atoms with Crippen molar-refractivity contribution in [1.29, 1.82) is 0 Å². The molecular formula is C19H24N2O2. The number of likely N-dealkylation sites (tertiary alicyclic amines) is 1. The van der Waals surface area contributed by atoms with Crippen LogP contribution in [0.25, 0.3) is 0 Å². The highest BCUT2D eigenvalue weighted by Crippen LogP contribution is 2.33. The van der Waals surface area contributed by atoms with Crippen molar-refractivity contribution in [2.75, 3.05) is 24.5 Å². The number of fused-ring (bicyclic) bond motifs is 1. The Bertz CT molecular complexity index is 616. The molecule has 0 unspecified atom stereocenters. The molecule has 23 heavy (non-hydrogen) atoms. The molecule has 0 radical (unpaired) electrons. The summed E-state index contributed by atoms with van der Waals surface area (Å²) in [5.41, 5.74) is 2.36. The first-order chi connectivity index (χ1) is 11.2. The van der Waals surface area contributed by atoms with Crippen LogP contribution in [0.4, 0.5) is 5.69 Å². The van der Waals surface area contributed by atoms with Crippen LogP contribution in [-0.4, -0.2) is 36.3 Å². The third-order valence-corrected chi connectivity index (χ3v) is 5.76. The number of piperidine rings is 1. The highest BCUT2D eigenvalue weighted by atomic mass is 16.2. The first-order valence-corrected chi connectivity index (χ1v) is 8.92. The lowest BCUT2D eigenvalue weighted by Gasteiger charge is -2.37. The van der Waals surface area contributed by atoms with Gasteiger partial charge in [-0.25, -0.2) is 0 Å². The number of hydrogen-bond acceptors (Lipinski definition) is 2. The van der Waals surface area contributed by atoms with Crippen molar-refractivity contribution in [3.05, 3.63) is 29.8 Å². The molecule has 4 heteroatoms. The SMILES string of the molecule is O=C(C1CCC1)N1CCC(C(=O)N2CCc3ccccc32)CC1. The van der Waals surface area contributed by atoms with Crippen LogP contribution in [0.1, 0.15) is 37.7 Å². The van der Waals surface area contributed by atoms with Crippen LogP contribution in [-0.2, 0) is 16.0 Å². The maximum Gasteiger partial charge on any atom is 0.230 e. The Morgan fingerprint density at radius 3 is 2.26 bits per heavy atom. The van der Waals surface area contributed by atoms with Gasteiger partial charge in [-0.15, -0.1) is 0 Å². The molecular weight excluding hydrogens is 288 g/mol. The number of anilines is 1. The van der Waals surface area contributed by atoms with E-state index in [9.17, 15) is 9.59 Å². The van der Waals surface area contributed by atoms with Crippen LogP contribution >= 0.6 is 0 Å². The highest BCUT2D eigenvalue weighted by molar-refractivity contribution is 5.97. The zero-order chi connectivity index (χ0) is 15.8. The van der Waals surface area contributed by atoms with Gasteiger partial charge in [0.05, 0.1) is 0 Å². The van der Waals surface area contributed by atoms with E-state index in [0.29, 0.717) is 5.91 Å². The molecule has 0 atom stereocenters.